The molecule has 98 valence electrons. The molecule has 1 aromatic heterocycles. The minimum atomic E-state index is -0.950. The van der Waals surface area contributed by atoms with Crippen LogP contribution >= 0.6 is 0 Å². The lowest BCUT2D eigenvalue weighted by molar-refractivity contribution is -0.137. The Kier molecular flexibility index (Phi) is 5.79. The minimum absolute atomic E-state index is 0.100. The van der Waals surface area contributed by atoms with Gasteiger partial charge in [-0.2, -0.15) is 0 Å². The predicted molar refractivity (Wildman–Crippen MR) is 65.8 cm³/mol. The standard InChI is InChI=1S/C12H17N3O3/c13-10(3-4-11(16)17)12(18)15-7-5-9-2-1-6-14-8-9/h1-2,6,8,10H,3-5,7,13H2,(H,15,18)(H,16,17). The molecule has 0 aliphatic carbocycles. The van der Waals surface area contributed by atoms with Gasteiger partial charge in [0.2, 0.25) is 5.91 Å². The summed E-state index contributed by atoms with van der Waals surface area (Å²) < 4.78 is 0. The number of nitrogens with zero attached hydrogens (tertiary/aromatic N) is 1. The fourth-order valence-corrected chi connectivity index (χ4v) is 1.42. The molecule has 0 aliphatic heterocycles. The van der Waals surface area contributed by atoms with Crippen molar-refractivity contribution in [1.29, 1.82) is 0 Å². The van der Waals surface area contributed by atoms with E-state index < -0.39 is 12.0 Å². The van der Waals surface area contributed by atoms with Crippen molar-refractivity contribution >= 4 is 11.9 Å². The number of amides is 1. The maximum atomic E-state index is 11.5. The predicted octanol–water partition coefficient (Wildman–Crippen LogP) is -0.0676. The smallest absolute Gasteiger partial charge is 0.303 e. The van der Waals surface area contributed by atoms with Crippen LogP contribution in [-0.4, -0.2) is 34.6 Å². The second-order valence-electron chi connectivity index (χ2n) is 3.94. The molecule has 4 N–H and O–H groups in total. The number of hydrogen-bond donors (Lipinski definition) is 3. The molecular formula is C12H17N3O3. The monoisotopic (exact) mass is 251 g/mol. The van der Waals surface area contributed by atoms with Gasteiger partial charge in [0.05, 0.1) is 6.04 Å². The van der Waals surface area contributed by atoms with Crippen molar-refractivity contribution in [2.45, 2.75) is 25.3 Å². The summed E-state index contributed by atoms with van der Waals surface area (Å²) in [4.78, 5) is 25.8. The fraction of sp³-hybridized carbons (Fsp3) is 0.417. The van der Waals surface area contributed by atoms with Gasteiger partial charge in [-0.1, -0.05) is 6.07 Å². The number of carboxylic acid groups (broad SMARTS) is 1. The Labute approximate surface area is 105 Å². The highest BCUT2D eigenvalue weighted by atomic mass is 16.4. The van der Waals surface area contributed by atoms with E-state index in [1.54, 1.807) is 12.4 Å². The molecule has 0 spiro atoms. The van der Waals surface area contributed by atoms with E-state index in [0.29, 0.717) is 13.0 Å². The van der Waals surface area contributed by atoms with Gasteiger partial charge < -0.3 is 16.2 Å². The maximum absolute atomic E-state index is 11.5. The first-order valence-electron chi connectivity index (χ1n) is 5.73. The van der Waals surface area contributed by atoms with Gasteiger partial charge in [-0.25, -0.2) is 0 Å². The third-order valence-electron chi connectivity index (χ3n) is 2.44. The van der Waals surface area contributed by atoms with Gasteiger partial charge in [0.15, 0.2) is 0 Å². The molecule has 0 aliphatic rings. The summed E-state index contributed by atoms with van der Waals surface area (Å²) in [5.41, 5.74) is 6.58. The van der Waals surface area contributed by atoms with Crippen LogP contribution in [0, 0.1) is 0 Å². The van der Waals surface area contributed by atoms with Crippen LogP contribution in [0.15, 0.2) is 24.5 Å². The Hall–Kier alpha value is -1.95. The van der Waals surface area contributed by atoms with E-state index >= 15 is 0 Å². The first kappa shape index (κ1) is 14.1. The Bertz CT molecular complexity index is 395. The van der Waals surface area contributed by atoms with Gasteiger partial charge in [-0.05, 0) is 24.5 Å². The quantitative estimate of drug-likeness (QED) is 0.629. The van der Waals surface area contributed by atoms with Crippen molar-refractivity contribution in [3.05, 3.63) is 30.1 Å². The lowest BCUT2D eigenvalue weighted by Gasteiger charge is -2.10. The second-order valence-corrected chi connectivity index (χ2v) is 3.94. The van der Waals surface area contributed by atoms with Gasteiger partial charge >= 0.3 is 5.97 Å². The number of carboxylic acids is 1. The number of carbonyl (C=O) groups excluding carboxylic acids is 1. The van der Waals surface area contributed by atoms with Crippen LogP contribution in [0.3, 0.4) is 0 Å². The largest absolute Gasteiger partial charge is 0.481 e. The topological polar surface area (TPSA) is 105 Å². The molecule has 0 bridgehead atoms. The number of carbonyl (C=O) groups is 2. The molecule has 6 heteroatoms. The van der Waals surface area contributed by atoms with Crippen LogP contribution in [0.5, 0.6) is 0 Å². The van der Waals surface area contributed by atoms with Crippen LogP contribution < -0.4 is 11.1 Å². The Balaban J connectivity index is 2.22. The van der Waals surface area contributed by atoms with Gasteiger partial charge in [0.25, 0.3) is 0 Å². The molecule has 0 saturated heterocycles. The first-order valence-corrected chi connectivity index (χ1v) is 5.73. The summed E-state index contributed by atoms with van der Waals surface area (Å²) >= 11 is 0. The molecule has 1 unspecified atom stereocenters. The number of nitrogens with two attached hydrogens (primary N) is 1. The molecule has 1 aromatic rings. The van der Waals surface area contributed by atoms with Crippen molar-refractivity contribution < 1.29 is 14.7 Å². The first-order chi connectivity index (χ1) is 8.59. The lowest BCUT2D eigenvalue weighted by atomic mass is 10.1. The fourth-order valence-electron chi connectivity index (χ4n) is 1.42. The van der Waals surface area contributed by atoms with E-state index in [2.05, 4.69) is 10.3 Å². The third-order valence-corrected chi connectivity index (χ3v) is 2.44. The number of hydrogen-bond acceptors (Lipinski definition) is 4. The average molecular weight is 251 g/mol. The van der Waals surface area contributed by atoms with Gasteiger partial charge in [-0.15, -0.1) is 0 Å². The summed E-state index contributed by atoms with van der Waals surface area (Å²) in [5, 5.41) is 11.1. The number of pyridine rings is 1. The van der Waals surface area contributed by atoms with Crippen LogP contribution in [0.2, 0.25) is 0 Å². The molecule has 1 amide bonds. The molecule has 0 aromatic carbocycles. The zero-order chi connectivity index (χ0) is 13.4. The Morgan fingerprint density at radius 2 is 2.28 bits per heavy atom. The summed E-state index contributed by atoms with van der Waals surface area (Å²) in [7, 11) is 0. The molecule has 6 nitrogen and oxygen atoms in total. The third kappa shape index (κ3) is 5.40. The van der Waals surface area contributed by atoms with E-state index in [9.17, 15) is 9.59 Å². The van der Waals surface area contributed by atoms with E-state index in [1.807, 2.05) is 12.1 Å². The number of nitrogens with one attached hydrogen (secondary N) is 1. The number of rotatable bonds is 7. The van der Waals surface area contributed by atoms with Gasteiger partial charge in [-0.3, -0.25) is 14.6 Å². The van der Waals surface area contributed by atoms with Crippen molar-refractivity contribution in [1.82, 2.24) is 10.3 Å². The molecule has 1 heterocycles. The minimum Gasteiger partial charge on any atom is -0.481 e. The molecule has 0 radical (unpaired) electrons. The molecule has 18 heavy (non-hydrogen) atoms. The van der Waals surface area contributed by atoms with Crippen molar-refractivity contribution in [2.24, 2.45) is 5.73 Å². The summed E-state index contributed by atoms with van der Waals surface area (Å²) in [5.74, 6) is -1.27. The van der Waals surface area contributed by atoms with E-state index in [0.717, 1.165) is 5.56 Å². The van der Waals surface area contributed by atoms with Crippen LogP contribution in [0.4, 0.5) is 0 Å². The average Bonchev–Trinajstić information content (AvgIpc) is 2.37. The van der Waals surface area contributed by atoms with Crippen molar-refractivity contribution in [3.63, 3.8) is 0 Å². The SMILES string of the molecule is NC(CCC(=O)O)C(=O)NCCc1cccnc1. The molecule has 0 fully saturated rings. The zero-order valence-electron chi connectivity index (χ0n) is 10.0. The summed E-state index contributed by atoms with van der Waals surface area (Å²) in [6.07, 6.45) is 4.14. The number of aromatic nitrogens is 1. The molecule has 0 saturated carbocycles. The second kappa shape index (κ2) is 7.39. The Morgan fingerprint density at radius 1 is 1.50 bits per heavy atom. The normalized spacial score (nSPS) is 11.8. The molecule has 1 rings (SSSR count). The van der Waals surface area contributed by atoms with E-state index in [1.165, 1.54) is 0 Å². The highest BCUT2D eigenvalue weighted by molar-refractivity contribution is 5.82. The van der Waals surface area contributed by atoms with Gasteiger partial charge in [0.1, 0.15) is 0 Å². The molecular weight excluding hydrogens is 234 g/mol. The highest BCUT2D eigenvalue weighted by Gasteiger charge is 2.13. The highest BCUT2D eigenvalue weighted by Crippen LogP contribution is 1.97. The molecule has 1 atom stereocenters. The van der Waals surface area contributed by atoms with E-state index in [4.69, 9.17) is 10.8 Å². The Morgan fingerprint density at radius 3 is 2.89 bits per heavy atom. The van der Waals surface area contributed by atoms with Crippen LogP contribution in [-0.2, 0) is 16.0 Å². The maximum Gasteiger partial charge on any atom is 0.303 e. The summed E-state index contributed by atoms with van der Waals surface area (Å²) in [6, 6.07) is 2.98. The van der Waals surface area contributed by atoms with Crippen LogP contribution in [0.25, 0.3) is 0 Å². The summed E-state index contributed by atoms with van der Waals surface area (Å²) in [6.45, 7) is 0.464. The van der Waals surface area contributed by atoms with Crippen LogP contribution in [0.1, 0.15) is 18.4 Å². The van der Waals surface area contributed by atoms with Crippen molar-refractivity contribution in [3.8, 4) is 0 Å². The number of aliphatic carboxylic acids is 1. The van der Waals surface area contributed by atoms with Gasteiger partial charge in [0, 0.05) is 25.4 Å². The zero-order valence-corrected chi connectivity index (χ0v) is 10.0. The van der Waals surface area contributed by atoms with Crippen molar-refractivity contribution in [2.75, 3.05) is 6.54 Å². The lowest BCUT2D eigenvalue weighted by Crippen LogP contribution is -2.41. The van der Waals surface area contributed by atoms with E-state index in [-0.39, 0.29) is 18.7 Å².